The molecule has 0 bridgehead atoms. The van der Waals surface area contributed by atoms with Gasteiger partial charge in [-0.25, -0.2) is 9.18 Å². The van der Waals surface area contributed by atoms with Crippen LogP contribution in [0.15, 0.2) is 54.6 Å². The number of carboxylic acid groups (broad SMARTS) is 1. The molecule has 0 aliphatic carbocycles. The number of carbonyl (C=O) groups is 1. The summed E-state index contributed by atoms with van der Waals surface area (Å²) in [5, 5.41) is 9.78. The van der Waals surface area contributed by atoms with Gasteiger partial charge in [0, 0.05) is 16.8 Å². The van der Waals surface area contributed by atoms with Crippen molar-refractivity contribution in [3.8, 4) is 16.9 Å². The molecule has 0 fully saturated rings. The number of rotatable bonds is 9. The lowest BCUT2D eigenvalue weighted by Crippen LogP contribution is -2.13. The van der Waals surface area contributed by atoms with Crippen molar-refractivity contribution in [2.45, 2.75) is 46.6 Å². The second kappa shape index (κ2) is 10.2. The maximum absolute atomic E-state index is 14.5. The molecule has 0 amide bonds. The molecule has 1 N–H and O–H groups in total. The molecule has 5 heteroatoms. The molecule has 3 aromatic rings. The van der Waals surface area contributed by atoms with Crippen molar-refractivity contribution in [3.05, 3.63) is 82.9 Å². The maximum atomic E-state index is 14.5. The average molecular weight is 422 g/mol. The van der Waals surface area contributed by atoms with Crippen molar-refractivity contribution < 1.29 is 19.0 Å². The van der Waals surface area contributed by atoms with Crippen LogP contribution in [0.25, 0.3) is 11.1 Å². The number of ether oxygens (including phenoxy) is 1. The predicted octanol–water partition coefficient (Wildman–Crippen LogP) is 6.32. The van der Waals surface area contributed by atoms with Gasteiger partial charge in [0.2, 0.25) is 0 Å². The van der Waals surface area contributed by atoms with E-state index in [0.29, 0.717) is 34.7 Å². The zero-order chi connectivity index (χ0) is 22.4. The van der Waals surface area contributed by atoms with E-state index in [9.17, 15) is 14.3 Å². The van der Waals surface area contributed by atoms with Crippen LogP contribution in [0.1, 0.15) is 54.5 Å². The van der Waals surface area contributed by atoms with Crippen molar-refractivity contribution >= 4 is 5.97 Å². The summed E-state index contributed by atoms with van der Waals surface area (Å²) in [5.74, 6) is -0.588. The van der Waals surface area contributed by atoms with Gasteiger partial charge in [-0.2, -0.15) is 0 Å². The highest BCUT2D eigenvalue weighted by molar-refractivity contribution is 5.91. The molecule has 3 rings (SSSR count). The lowest BCUT2D eigenvalue weighted by molar-refractivity contribution is 0.0693. The van der Waals surface area contributed by atoms with Crippen LogP contribution in [0.5, 0.6) is 5.75 Å². The third kappa shape index (κ3) is 5.69. The minimum absolute atomic E-state index is 0.0216. The second-order valence-electron chi connectivity index (χ2n) is 8.04. The normalized spacial score (nSPS) is 11.0. The number of aryl methyl sites for hydroxylation is 1. The molecule has 1 aromatic heterocycles. The van der Waals surface area contributed by atoms with Gasteiger partial charge in [-0.05, 0) is 48.6 Å². The van der Waals surface area contributed by atoms with Crippen LogP contribution in [-0.2, 0) is 19.4 Å². The fraction of sp³-hybridized carbons (Fsp3) is 0.308. The SMILES string of the molecule is CCCc1ccc(OCc2nc(CC(C)C)c(-c3ccccc3F)cc2C(=O)O)cc1. The number of halogens is 1. The molecule has 162 valence electrons. The van der Waals surface area contributed by atoms with E-state index in [1.165, 1.54) is 17.7 Å². The van der Waals surface area contributed by atoms with Crippen LogP contribution in [0.2, 0.25) is 0 Å². The topological polar surface area (TPSA) is 59.4 Å². The largest absolute Gasteiger partial charge is 0.487 e. The number of carboxylic acids is 1. The molecule has 0 atom stereocenters. The van der Waals surface area contributed by atoms with Gasteiger partial charge >= 0.3 is 5.97 Å². The Bertz CT molecular complexity index is 1050. The first kappa shape index (κ1) is 22.5. The van der Waals surface area contributed by atoms with E-state index in [-0.39, 0.29) is 18.1 Å². The molecule has 0 radical (unpaired) electrons. The zero-order valence-electron chi connectivity index (χ0n) is 18.2. The fourth-order valence-electron chi connectivity index (χ4n) is 3.54. The van der Waals surface area contributed by atoms with Crippen LogP contribution in [-0.4, -0.2) is 16.1 Å². The summed E-state index contributed by atoms with van der Waals surface area (Å²) in [6, 6.07) is 15.7. The molecule has 0 saturated heterocycles. The molecule has 2 aromatic carbocycles. The lowest BCUT2D eigenvalue weighted by atomic mass is 9.95. The van der Waals surface area contributed by atoms with Crippen molar-refractivity contribution in [2.24, 2.45) is 5.92 Å². The quantitative estimate of drug-likeness (QED) is 0.439. The third-order valence-electron chi connectivity index (χ3n) is 5.01. The Labute approximate surface area is 182 Å². The van der Waals surface area contributed by atoms with Crippen molar-refractivity contribution in [1.29, 1.82) is 0 Å². The maximum Gasteiger partial charge on any atom is 0.337 e. The van der Waals surface area contributed by atoms with Crippen LogP contribution < -0.4 is 4.74 Å². The van der Waals surface area contributed by atoms with Crippen LogP contribution in [0.3, 0.4) is 0 Å². The van der Waals surface area contributed by atoms with Gasteiger partial charge in [0.25, 0.3) is 0 Å². The van der Waals surface area contributed by atoms with Crippen LogP contribution in [0, 0.1) is 11.7 Å². The number of benzene rings is 2. The highest BCUT2D eigenvalue weighted by Gasteiger charge is 2.20. The van der Waals surface area contributed by atoms with Gasteiger partial charge < -0.3 is 9.84 Å². The summed E-state index contributed by atoms with van der Waals surface area (Å²) in [7, 11) is 0. The zero-order valence-corrected chi connectivity index (χ0v) is 18.2. The highest BCUT2D eigenvalue weighted by atomic mass is 19.1. The molecular formula is C26H28FNO3. The Morgan fingerprint density at radius 1 is 1.06 bits per heavy atom. The van der Waals surface area contributed by atoms with E-state index >= 15 is 0 Å². The van der Waals surface area contributed by atoms with Gasteiger partial charge in [0.05, 0.1) is 11.3 Å². The molecule has 31 heavy (non-hydrogen) atoms. The minimum atomic E-state index is -1.11. The molecular weight excluding hydrogens is 393 g/mol. The molecule has 0 unspecified atom stereocenters. The Morgan fingerprint density at radius 2 is 1.77 bits per heavy atom. The number of aromatic nitrogens is 1. The average Bonchev–Trinajstić information content (AvgIpc) is 2.73. The van der Waals surface area contributed by atoms with Crippen molar-refractivity contribution in [3.63, 3.8) is 0 Å². The molecule has 0 spiro atoms. The second-order valence-corrected chi connectivity index (χ2v) is 8.04. The fourth-order valence-corrected chi connectivity index (χ4v) is 3.54. The van der Waals surface area contributed by atoms with Crippen molar-refractivity contribution in [2.75, 3.05) is 0 Å². The van der Waals surface area contributed by atoms with Gasteiger partial charge in [0.1, 0.15) is 18.2 Å². The first-order valence-electron chi connectivity index (χ1n) is 10.6. The summed E-state index contributed by atoms with van der Waals surface area (Å²) in [6.07, 6.45) is 2.67. The summed E-state index contributed by atoms with van der Waals surface area (Å²) in [6.45, 7) is 6.25. The van der Waals surface area contributed by atoms with E-state index in [1.54, 1.807) is 18.2 Å². The number of aromatic carboxylic acids is 1. The minimum Gasteiger partial charge on any atom is -0.487 e. The van der Waals surface area contributed by atoms with Crippen LogP contribution >= 0.6 is 0 Å². The molecule has 0 saturated carbocycles. The third-order valence-corrected chi connectivity index (χ3v) is 5.01. The van der Waals surface area contributed by atoms with Gasteiger partial charge in [-0.3, -0.25) is 4.98 Å². The van der Waals surface area contributed by atoms with Gasteiger partial charge in [0.15, 0.2) is 0 Å². The summed E-state index contributed by atoms with van der Waals surface area (Å²) in [5.41, 5.74) is 3.12. The van der Waals surface area contributed by atoms with E-state index in [1.807, 2.05) is 38.1 Å². The standard InChI is InChI=1S/C26H28FNO3/c1-4-7-18-10-12-19(13-11-18)31-16-25-22(26(29)30)15-21(24(28-25)14-17(2)3)20-8-5-6-9-23(20)27/h5-6,8-13,15,17H,4,7,14,16H2,1-3H3,(H,29,30). The summed E-state index contributed by atoms with van der Waals surface area (Å²) >= 11 is 0. The molecule has 0 aliphatic heterocycles. The van der Waals surface area contributed by atoms with E-state index < -0.39 is 11.8 Å². The number of pyridine rings is 1. The molecule has 4 nitrogen and oxygen atoms in total. The van der Waals surface area contributed by atoms with E-state index in [4.69, 9.17) is 4.74 Å². The van der Waals surface area contributed by atoms with Gasteiger partial charge in [-0.15, -0.1) is 0 Å². The monoisotopic (exact) mass is 421 g/mol. The highest BCUT2D eigenvalue weighted by Crippen LogP contribution is 2.30. The number of nitrogens with zero attached hydrogens (tertiary/aromatic N) is 1. The molecule has 1 heterocycles. The smallest absolute Gasteiger partial charge is 0.337 e. The summed E-state index contributed by atoms with van der Waals surface area (Å²) in [4.78, 5) is 16.6. The molecule has 0 aliphatic rings. The van der Waals surface area contributed by atoms with Crippen LogP contribution in [0.4, 0.5) is 4.39 Å². The first-order chi connectivity index (χ1) is 14.9. The van der Waals surface area contributed by atoms with Crippen molar-refractivity contribution in [1.82, 2.24) is 4.98 Å². The van der Waals surface area contributed by atoms with E-state index in [2.05, 4.69) is 11.9 Å². The number of hydrogen-bond acceptors (Lipinski definition) is 3. The lowest BCUT2D eigenvalue weighted by Gasteiger charge is -2.16. The Kier molecular flexibility index (Phi) is 7.40. The summed E-state index contributed by atoms with van der Waals surface area (Å²) < 4.78 is 20.3. The predicted molar refractivity (Wildman–Crippen MR) is 120 cm³/mol. The Balaban J connectivity index is 1.97. The van der Waals surface area contributed by atoms with E-state index in [0.717, 1.165) is 12.8 Å². The first-order valence-corrected chi connectivity index (χ1v) is 10.6. The number of hydrogen-bond donors (Lipinski definition) is 1. The Hall–Kier alpha value is -3.21. The Morgan fingerprint density at radius 3 is 2.39 bits per heavy atom. The van der Waals surface area contributed by atoms with Gasteiger partial charge in [-0.1, -0.05) is 57.5 Å².